The summed E-state index contributed by atoms with van der Waals surface area (Å²) >= 11 is 5.82. The maximum atomic E-state index is 12.1. The van der Waals surface area contributed by atoms with Crippen molar-refractivity contribution in [2.24, 2.45) is 0 Å². The zero-order valence-electron chi connectivity index (χ0n) is 13.5. The molecule has 0 bridgehead atoms. The number of carbonyl (C=O) groups is 2. The summed E-state index contributed by atoms with van der Waals surface area (Å²) in [7, 11) is 0. The molecule has 0 saturated heterocycles. The van der Waals surface area contributed by atoms with E-state index in [1.807, 2.05) is 19.9 Å². The number of aliphatic hydroxyl groups excluding tert-OH is 1. The second-order valence-corrected chi connectivity index (χ2v) is 6.03. The Morgan fingerprint density at radius 1 is 1.04 bits per heavy atom. The van der Waals surface area contributed by atoms with Crippen molar-refractivity contribution in [3.05, 3.63) is 64.2 Å². The molecule has 0 radical (unpaired) electrons. The Morgan fingerprint density at radius 2 is 1.62 bits per heavy atom. The molecule has 0 saturated carbocycles. The van der Waals surface area contributed by atoms with Crippen LogP contribution in [0.25, 0.3) is 0 Å². The standard InChI is InChI=1S/C18H19ClN2O3/c1-11-7-12(2)9-15(8-11)20-17(23)18(24)21-16(10-22)13-3-5-14(19)6-4-13/h3-9,16,22H,10H2,1-2H3,(H,20,23)(H,21,24). The Kier molecular flexibility index (Phi) is 5.95. The highest BCUT2D eigenvalue weighted by Gasteiger charge is 2.19. The molecule has 5 nitrogen and oxygen atoms in total. The Labute approximate surface area is 145 Å². The molecule has 1 atom stereocenters. The van der Waals surface area contributed by atoms with Crippen LogP contribution < -0.4 is 10.6 Å². The Morgan fingerprint density at radius 3 is 2.17 bits per heavy atom. The van der Waals surface area contributed by atoms with Crippen molar-refractivity contribution in [2.45, 2.75) is 19.9 Å². The largest absolute Gasteiger partial charge is 0.394 e. The minimum Gasteiger partial charge on any atom is -0.394 e. The molecule has 24 heavy (non-hydrogen) atoms. The van der Waals surface area contributed by atoms with Crippen molar-refractivity contribution >= 4 is 29.1 Å². The topological polar surface area (TPSA) is 78.4 Å². The van der Waals surface area contributed by atoms with Gasteiger partial charge >= 0.3 is 11.8 Å². The SMILES string of the molecule is Cc1cc(C)cc(NC(=O)C(=O)NC(CO)c2ccc(Cl)cc2)c1. The third kappa shape index (κ3) is 4.81. The first-order chi connectivity index (χ1) is 11.4. The van der Waals surface area contributed by atoms with Crippen LogP contribution in [0.4, 0.5) is 5.69 Å². The fraction of sp³-hybridized carbons (Fsp3) is 0.222. The summed E-state index contributed by atoms with van der Waals surface area (Å²) in [6.07, 6.45) is 0. The van der Waals surface area contributed by atoms with Gasteiger partial charge in [-0.25, -0.2) is 0 Å². The summed E-state index contributed by atoms with van der Waals surface area (Å²) in [4.78, 5) is 24.1. The number of aryl methyl sites for hydroxylation is 2. The van der Waals surface area contributed by atoms with Gasteiger partial charge in [0.05, 0.1) is 12.6 Å². The number of hydrogen-bond donors (Lipinski definition) is 3. The number of nitrogens with one attached hydrogen (secondary N) is 2. The molecule has 126 valence electrons. The highest BCUT2D eigenvalue weighted by Crippen LogP contribution is 2.17. The molecular weight excluding hydrogens is 328 g/mol. The van der Waals surface area contributed by atoms with Crippen molar-refractivity contribution in [1.82, 2.24) is 5.32 Å². The van der Waals surface area contributed by atoms with Gasteiger partial charge in [-0.2, -0.15) is 0 Å². The molecule has 0 aliphatic heterocycles. The predicted octanol–water partition coefficient (Wildman–Crippen LogP) is 2.75. The summed E-state index contributed by atoms with van der Waals surface area (Å²) in [5, 5.41) is 15.1. The van der Waals surface area contributed by atoms with Gasteiger partial charge < -0.3 is 15.7 Å². The number of benzene rings is 2. The van der Waals surface area contributed by atoms with E-state index < -0.39 is 17.9 Å². The molecule has 2 rings (SSSR count). The van der Waals surface area contributed by atoms with Crippen LogP contribution in [0.5, 0.6) is 0 Å². The van der Waals surface area contributed by atoms with Crippen molar-refractivity contribution in [1.29, 1.82) is 0 Å². The van der Waals surface area contributed by atoms with Gasteiger partial charge in [0.25, 0.3) is 0 Å². The summed E-state index contributed by atoms with van der Waals surface area (Å²) in [6, 6.07) is 11.5. The van der Waals surface area contributed by atoms with Gasteiger partial charge in [-0.1, -0.05) is 29.8 Å². The average molecular weight is 347 g/mol. The number of aliphatic hydroxyl groups is 1. The third-order valence-corrected chi connectivity index (χ3v) is 3.70. The van der Waals surface area contributed by atoms with Gasteiger partial charge in [-0.15, -0.1) is 0 Å². The van der Waals surface area contributed by atoms with E-state index in [1.54, 1.807) is 36.4 Å². The lowest BCUT2D eigenvalue weighted by molar-refractivity contribution is -0.136. The van der Waals surface area contributed by atoms with Crippen LogP contribution in [0.1, 0.15) is 22.7 Å². The lowest BCUT2D eigenvalue weighted by atomic mass is 10.1. The molecule has 0 aromatic heterocycles. The van der Waals surface area contributed by atoms with Crippen LogP contribution in [0.3, 0.4) is 0 Å². The van der Waals surface area contributed by atoms with E-state index in [-0.39, 0.29) is 6.61 Å². The number of hydrogen-bond acceptors (Lipinski definition) is 3. The molecule has 1 unspecified atom stereocenters. The zero-order valence-corrected chi connectivity index (χ0v) is 14.2. The molecule has 0 spiro atoms. The van der Waals surface area contributed by atoms with Gasteiger partial charge in [0.1, 0.15) is 0 Å². The van der Waals surface area contributed by atoms with Crippen LogP contribution in [-0.2, 0) is 9.59 Å². The van der Waals surface area contributed by atoms with E-state index in [0.29, 0.717) is 16.3 Å². The minimum atomic E-state index is -0.817. The molecule has 2 aromatic carbocycles. The predicted molar refractivity (Wildman–Crippen MR) is 94.0 cm³/mol. The van der Waals surface area contributed by atoms with Gasteiger partial charge in [0.15, 0.2) is 0 Å². The van der Waals surface area contributed by atoms with Crippen molar-refractivity contribution in [3.8, 4) is 0 Å². The molecule has 0 fully saturated rings. The molecule has 0 aliphatic carbocycles. The van der Waals surface area contributed by atoms with E-state index in [1.165, 1.54) is 0 Å². The highest BCUT2D eigenvalue weighted by atomic mass is 35.5. The fourth-order valence-corrected chi connectivity index (χ4v) is 2.51. The number of carbonyl (C=O) groups excluding carboxylic acids is 2. The van der Waals surface area contributed by atoms with Crippen LogP contribution in [0.15, 0.2) is 42.5 Å². The maximum Gasteiger partial charge on any atom is 0.313 e. The Hall–Kier alpha value is -2.37. The first-order valence-corrected chi connectivity index (χ1v) is 7.83. The third-order valence-electron chi connectivity index (χ3n) is 3.45. The normalized spacial score (nSPS) is 11.7. The number of anilines is 1. The average Bonchev–Trinajstić information content (AvgIpc) is 2.52. The molecule has 6 heteroatoms. The minimum absolute atomic E-state index is 0.329. The zero-order chi connectivity index (χ0) is 17.7. The first kappa shape index (κ1) is 18.0. The molecule has 0 aliphatic rings. The Bertz CT molecular complexity index is 724. The van der Waals surface area contributed by atoms with E-state index in [9.17, 15) is 14.7 Å². The number of rotatable bonds is 4. The maximum absolute atomic E-state index is 12.1. The lowest BCUT2D eigenvalue weighted by Crippen LogP contribution is -2.39. The number of amides is 2. The lowest BCUT2D eigenvalue weighted by Gasteiger charge is -2.16. The van der Waals surface area contributed by atoms with Gasteiger partial charge in [0.2, 0.25) is 0 Å². The quantitative estimate of drug-likeness (QED) is 0.745. The van der Waals surface area contributed by atoms with Crippen LogP contribution in [-0.4, -0.2) is 23.5 Å². The van der Waals surface area contributed by atoms with Crippen LogP contribution >= 0.6 is 11.6 Å². The van der Waals surface area contributed by atoms with Crippen molar-refractivity contribution in [3.63, 3.8) is 0 Å². The van der Waals surface area contributed by atoms with Gasteiger partial charge in [-0.3, -0.25) is 9.59 Å². The first-order valence-electron chi connectivity index (χ1n) is 7.45. The van der Waals surface area contributed by atoms with E-state index in [0.717, 1.165) is 11.1 Å². The van der Waals surface area contributed by atoms with Crippen LogP contribution in [0, 0.1) is 13.8 Å². The molecule has 2 aromatic rings. The second-order valence-electron chi connectivity index (χ2n) is 5.59. The van der Waals surface area contributed by atoms with E-state index >= 15 is 0 Å². The van der Waals surface area contributed by atoms with Crippen molar-refractivity contribution in [2.75, 3.05) is 11.9 Å². The van der Waals surface area contributed by atoms with Gasteiger partial charge in [-0.05, 0) is 54.8 Å². The summed E-state index contributed by atoms with van der Waals surface area (Å²) in [5.41, 5.74) is 3.19. The highest BCUT2D eigenvalue weighted by molar-refractivity contribution is 6.39. The fourth-order valence-electron chi connectivity index (χ4n) is 2.39. The van der Waals surface area contributed by atoms with Crippen LogP contribution in [0.2, 0.25) is 5.02 Å². The molecule has 2 amide bonds. The second kappa shape index (κ2) is 7.95. The van der Waals surface area contributed by atoms with E-state index in [4.69, 9.17) is 11.6 Å². The monoisotopic (exact) mass is 346 g/mol. The van der Waals surface area contributed by atoms with Gasteiger partial charge in [0, 0.05) is 10.7 Å². The van der Waals surface area contributed by atoms with Crippen molar-refractivity contribution < 1.29 is 14.7 Å². The summed E-state index contributed by atoms with van der Waals surface area (Å²) in [6.45, 7) is 3.49. The summed E-state index contributed by atoms with van der Waals surface area (Å²) in [5.74, 6) is -1.60. The Balaban J connectivity index is 2.04. The smallest absolute Gasteiger partial charge is 0.313 e. The molecule has 0 heterocycles. The summed E-state index contributed by atoms with van der Waals surface area (Å²) < 4.78 is 0. The van der Waals surface area contributed by atoms with E-state index in [2.05, 4.69) is 10.6 Å². The molecular formula is C18H19ClN2O3. The molecule has 3 N–H and O–H groups in total. The number of halogens is 1.